The van der Waals surface area contributed by atoms with Gasteiger partial charge in [-0.2, -0.15) is 0 Å². The lowest BCUT2D eigenvalue weighted by Crippen LogP contribution is -2.27. The monoisotopic (exact) mass is 183 g/mol. The molecule has 0 amide bonds. The molecule has 1 atom stereocenters. The zero-order valence-corrected chi connectivity index (χ0v) is 8.38. The van der Waals surface area contributed by atoms with Gasteiger partial charge >= 0.3 is 5.97 Å². The summed E-state index contributed by atoms with van der Waals surface area (Å²) in [7, 11) is 3.48. The van der Waals surface area contributed by atoms with Crippen LogP contribution in [0, 0.1) is 0 Å². The van der Waals surface area contributed by atoms with Gasteiger partial charge in [0.2, 0.25) is 0 Å². The molecule has 0 aromatic heterocycles. The van der Waals surface area contributed by atoms with E-state index in [1.165, 1.54) is 13.5 Å². The third-order valence-corrected chi connectivity index (χ3v) is 2.59. The van der Waals surface area contributed by atoms with E-state index in [4.69, 9.17) is 0 Å². The molecule has 0 aliphatic carbocycles. The summed E-state index contributed by atoms with van der Waals surface area (Å²) in [5.41, 5.74) is 0.979. The van der Waals surface area contributed by atoms with Crippen LogP contribution in [-0.4, -0.2) is 37.6 Å². The van der Waals surface area contributed by atoms with E-state index in [0.717, 1.165) is 18.5 Å². The van der Waals surface area contributed by atoms with Crippen molar-refractivity contribution in [1.82, 2.24) is 4.90 Å². The summed E-state index contributed by atoms with van der Waals surface area (Å²) in [5.74, 6) is -0.190. The Bertz CT molecular complexity index is 213. The highest BCUT2D eigenvalue weighted by atomic mass is 16.5. The van der Waals surface area contributed by atoms with Crippen LogP contribution in [0.25, 0.3) is 0 Å². The normalized spacial score (nSPS) is 23.1. The molecule has 3 nitrogen and oxygen atoms in total. The Kier molecular flexibility index (Phi) is 3.48. The second kappa shape index (κ2) is 4.42. The van der Waals surface area contributed by atoms with Crippen molar-refractivity contribution in [3.05, 3.63) is 12.2 Å². The fraction of sp³-hybridized carbons (Fsp3) is 0.700. The van der Waals surface area contributed by atoms with E-state index >= 15 is 0 Å². The molecule has 13 heavy (non-hydrogen) atoms. The summed E-state index contributed by atoms with van der Waals surface area (Å²) < 4.78 is 4.60. The number of ether oxygens (including phenoxy) is 1. The summed E-state index contributed by atoms with van der Waals surface area (Å²) in [5, 5.41) is 0. The van der Waals surface area contributed by atoms with E-state index in [0.29, 0.717) is 12.5 Å². The number of hydrogen-bond acceptors (Lipinski definition) is 3. The Labute approximate surface area is 79.4 Å². The number of likely N-dealkylation sites (N-methyl/N-ethyl adjacent to an activating group) is 1. The highest BCUT2D eigenvalue weighted by Crippen LogP contribution is 2.22. The van der Waals surface area contributed by atoms with Gasteiger partial charge in [0.25, 0.3) is 0 Å². The van der Waals surface area contributed by atoms with Crippen molar-refractivity contribution in [2.75, 3.05) is 20.7 Å². The fourth-order valence-electron chi connectivity index (χ4n) is 1.80. The van der Waals surface area contributed by atoms with E-state index in [2.05, 4.69) is 23.3 Å². The van der Waals surface area contributed by atoms with Gasteiger partial charge in [-0.3, -0.25) is 9.69 Å². The molecule has 1 heterocycles. The standard InChI is InChI=1S/C10H17NO2/c1-8(7-10(12)13-3)9-5-4-6-11(9)2/h9H,1,4-7H2,2-3H3. The van der Waals surface area contributed by atoms with Crippen LogP contribution in [0.5, 0.6) is 0 Å². The van der Waals surface area contributed by atoms with Gasteiger partial charge in [-0.1, -0.05) is 6.58 Å². The molecular formula is C10H17NO2. The molecule has 0 aromatic rings. The van der Waals surface area contributed by atoms with Crippen molar-refractivity contribution in [3.63, 3.8) is 0 Å². The SMILES string of the molecule is C=C(CC(=O)OC)C1CCCN1C. The van der Waals surface area contributed by atoms with E-state index < -0.39 is 0 Å². The minimum Gasteiger partial charge on any atom is -0.469 e. The summed E-state index contributed by atoms with van der Waals surface area (Å²) in [6, 6.07) is 0.374. The Morgan fingerprint density at radius 1 is 1.69 bits per heavy atom. The third-order valence-electron chi connectivity index (χ3n) is 2.59. The third kappa shape index (κ3) is 2.56. The van der Waals surface area contributed by atoms with E-state index in [9.17, 15) is 4.79 Å². The van der Waals surface area contributed by atoms with Crippen LogP contribution in [-0.2, 0) is 9.53 Å². The zero-order valence-electron chi connectivity index (χ0n) is 8.38. The van der Waals surface area contributed by atoms with Gasteiger partial charge in [-0.05, 0) is 32.0 Å². The van der Waals surface area contributed by atoms with Crippen LogP contribution in [0.2, 0.25) is 0 Å². The lowest BCUT2D eigenvalue weighted by molar-refractivity contribution is -0.139. The number of likely N-dealkylation sites (tertiary alicyclic amines) is 1. The van der Waals surface area contributed by atoms with Gasteiger partial charge in [0.15, 0.2) is 0 Å². The second-order valence-electron chi connectivity index (χ2n) is 3.55. The highest BCUT2D eigenvalue weighted by molar-refractivity contribution is 5.72. The number of carbonyl (C=O) groups is 1. The quantitative estimate of drug-likeness (QED) is 0.486. The maximum absolute atomic E-state index is 11.0. The van der Waals surface area contributed by atoms with Crippen molar-refractivity contribution in [2.45, 2.75) is 25.3 Å². The number of nitrogens with zero attached hydrogens (tertiary/aromatic N) is 1. The maximum Gasteiger partial charge on any atom is 0.309 e. The first-order chi connectivity index (χ1) is 6.15. The minimum absolute atomic E-state index is 0.190. The van der Waals surface area contributed by atoms with Gasteiger partial charge in [-0.25, -0.2) is 0 Å². The lowest BCUT2D eigenvalue weighted by atomic mass is 10.0. The van der Waals surface area contributed by atoms with E-state index in [-0.39, 0.29) is 5.97 Å². The van der Waals surface area contributed by atoms with Crippen LogP contribution < -0.4 is 0 Å². The fourth-order valence-corrected chi connectivity index (χ4v) is 1.80. The Hall–Kier alpha value is -0.830. The molecule has 1 aliphatic heterocycles. The van der Waals surface area contributed by atoms with Crippen molar-refractivity contribution in [1.29, 1.82) is 0 Å². The molecule has 0 aromatic carbocycles. The van der Waals surface area contributed by atoms with Crippen molar-refractivity contribution in [2.24, 2.45) is 0 Å². The largest absolute Gasteiger partial charge is 0.469 e. The van der Waals surface area contributed by atoms with Crippen LogP contribution in [0.4, 0.5) is 0 Å². The van der Waals surface area contributed by atoms with Crippen molar-refractivity contribution < 1.29 is 9.53 Å². The van der Waals surface area contributed by atoms with Gasteiger partial charge in [0.1, 0.15) is 0 Å². The number of hydrogen-bond donors (Lipinski definition) is 0. The van der Waals surface area contributed by atoms with E-state index in [1.54, 1.807) is 0 Å². The summed E-state index contributed by atoms with van der Waals surface area (Å²) in [4.78, 5) is 13.2. The van der Waals surface area contributed by atoms with Gasteiger partial charge in [0.05, 0.1) is 13.5 Å². The summed E-state index contributed by atoms with van der Waals surface area (Å²) >= 11 is 0. The smallest absolute Gasteiger partial charge is 0.309 e. The predicted molar refractivity (Wildman–Crippen MR) is 51.4 cm³/mol. The topological polar surface area (TPSA) is 29.5 Å². The molecule has 1 rings (SSSR count). The molecule has 0 saturated carbocycles. The van der Waals surface area contributed by atoms with Crippen molar-refractivity contribution in [3.8, 4) is 0 Å². The maximum atomic E-state index is 11.0. The molecule has 74 valence electrons. The molecule has 1 saturated heterocycles. The van der Waals surface area contributed by atoms with Crippen LogP contribution >= 0.6 is 0 Å². The molecular weight excluding hydrogens is 166 g/mol. The highest BCUT2D eigenvalue weighted by Gasteiger charge is 2.24. The molecule has 0 bridgehead atoms. The van der Waals surface area contributed by atoms with Gasteiger partial charge in [0, 0.05) is 6.04 Å². The van der Waals surface area contributed by atoms with Gasteiger partial charge < -0.3 is 4.74 Å². The Balaban J connectivity index is 2.43. The molecule has 3 heteroatoms. The number of rotatable bonds is 3. The number of carbonyl (C=O) groups excluding carboxylic acids is 1. The second-order valence-corrected chi connectivity index (χ2v) is 3.55. The van der Waals surface area contributed by atoms with Crippen LogP contribution in [0.15, 0.2) is 12.2 Å². The van der Waals surface area contributed by atoms with Crippen LogP contribution in [0.3, 0.4) is 0 Å². The van der Waals surface area contributed by atoms with Crippen LogP contribution in [0.1, 0.15) is 19.3 Å². The Morgan fingerprint density at radius 2 is 2.38 bits per heavy atom. The Morgan fingerprint density at radius 3 is 2.85 bits per heavy atom. The first-order valence-corrected chi connectivity index (χ1v) is 4.60. The summed E-state index contributed by atoms with van der Waals surface area (Å²) in [6.07, 6.45) is 2.67. The lowest BCUT2D eigenvalue weighted by Gasteiger charge is -2.20. The number of methoxy groups -OCH3 is 1. The molecule has 1 aliphatic rings. The molecule has 1 unspecified atom stereocenters. The minimum atomic E-state index is -0.190. The molecule has 1 fully saturated rings. The number of esters is 1. The average Bonchev–Trinajstić information content (AvgIpc) is 2.51. The molecule has 0 radical (unpaired) electrons. The van der Waals surface area contributed by atoms with Crippen molar-refractivity contribution >= 4 is 5.97 Å². The average molecular weight is 183 g/mol. The first-order valence-electron chi connectivity index (χ1n) is 4.60. The summed E-state index contributed by atoms with van der Waals surface area (Å²) in [6.45, 7) is 5.03. The predicted octanol–water partition coefficient (Wildman–Crippen LogP) is 1.20. The molecule has 0 N–H and O–H groups in total. The zero-order chi connectivity index (χ0) is 9.84. The first kappa shape index (κ1) is 10.3. The van der Waals surface area contributed by atoms with E-state index in [1.807, 2.05) is 0 Å². The molecule has 0 spiro atoms. The van der Waals surface area contributed by atoms with Gasteiger partial charge in [-0.15, -0.1) is 0 Å².